The van der Waals surface area contributed by atoms with Crippen molar-refractivity contribution in [2.75, 3.05) is 20.6 Å². The van der Waals surface area contributed by atoms with Crippen molar-refractivity contribution in [2.24, 2.45) is 12.0 Å². The minimum Gasteiger partial charge on any atom is -0.355 e. The van der Waals surface area contributed by atoms with Gasteiger partial charge in [-0.1, -0.05) is 36.4 Å². The maximum atomic E-state index is 13.2. The number of carbonyl (C=O) groups is 2. The lowest BCUT2D eigenvalue weighted by Crippen LogP contribution is -2.36. The molecule has 1 aliphatic rings. The van der Waals surface area contributed by atoms with Crippen molar-refractivity contribution in [1.82, 2.24) is 24.7 Å². The first-order valence-electron chi connectivity index (χ1n) is 12.0. The van der Waals surface area contributed by atoms with Crippen LogP contribution in [-0.4, -0.2) is 52.4 Å². The summed E-state index contributed by atoms with van der Waals surface area (Å²) < 4.78 is 4.08. The van der Waals surface area contributed by atoms with E-state index < -0.39 is 0 Å². The number of hydrogen-bond acceptors (Lipinski definition) is 4. The zero-order chi connectivity index (χ0) is 26.1. The second-order valence-electron chi connectivity index (χ2n) is 9.17. The molecule has 0 bridgehead atoms. The minimum atomic E-state index is -0.388. The Balaban J connectivity index is 1.55. The number of para-hydroxylation sites is 2. The van der Waals surface area contributed by atoms with Crippen molar-refractivity contribution in [1.29, 1.82) is 5.26 Å². The number of benzene rings is 2. The summed E-state index contributed by atoms with van der Waals surface area (Å²) >= 11 is 0. The average Bonchev–Trinajstić information content (AvgIpc) is 3.51. The van der Waals surface area contributed by atoms with Gasteiger partial charge >= 0.3 is 0 Å². The van der Waals surface area contributed by atoms with Crippen LogP contribution in [0.1, 0.15) is 17.5 Å². The number of nitrogens with zero attached hydrogens (tertiary/aromatic N) is 5. The number of aryl methyl sites for hydroxylation is 2. The van der Waals surface area contributed by atoms with Crippen LogP contribution >= 0.6 is 0 Å². The smallest absolute Gasteiger partial charge is 0.259 e. The summed E-state index contributed by atoms with van der Waals surface area (Å²) in [5, 5.41) is 16.4. The molecule has 0 atom stereocenters. The van der Waals surface area contributed by atoms with Gasteiger partial charge in [0.15, 0.2) is 0 Å². The molecule has 1 aliphatic heterocycles. The third-order valence-corrected chi connectivity index (χ3v) is 6.59. The summed E-state index contributed by atoms with van der Waals surface area (Å²) in [5.74, 6) is -0.266. The Morgan fingerprint density at radius 1 is 0.973 bits per heavy atom. The quantitative estimate of drug-likeness (QED) is 0.141. The van der Waals surface area contributed by atoms with E-state index in [2.05, 4.69) is 20.2 Å². The maximum Gasteiger partial charge on any atom is 0.259 e. The van der Waals surface area contributed by atoms with E-state index in [1.165, 1.54) is 0 Å². The summed E-state index contributed by atoms with van der Waals surface area (Å²) in [4.78, 5) is 31.8. The summed E-state index contributed by atoms with van der Waals surface area (Å²) in [6.45, 7) is 1.29. The van der Waals surface area contributed by atoms with Crippen molar-refractivity contribution in [3.05, 3.63) is 72.1 Å². The van der Waals surface area contributed by atoms with Crippen LogP contribution in [0.4, 0.5) is 0 Å². The highest BCUT2D eigenvalue weighted by molar-refractivity contribution is 6.50. The van der Waals surface area contributed by atoms with Gasteiger partial charge in [0, 0.05) is 79.6 Å². The molecule has 9 heteroatoms. The fraction of sp³-hybridized carbons (Fsp3) is 0.214. The van der Waals surface area contributed by atoms with Crippen LogP contribution in [0.15, 0.2) is 65.9 Å². The van der Waals surface area contributed by atoms with Gasteiger partial charge in [0.25, 0.3) is 11.8 Å². The van der Waals surface area contributed by atoms with E-state index >= 15 is 0 Å². The zero-order valence-electron chi connectivity index (χ0n) is 20.9. The molecule has 2 N–H and O–H groups in total. The van der Waals surface area contributed by atoms with Crippen LogP contribution in [0.2, 0.25) is 0 Å². The highest BCUT2D eigenvalue weighted by atomic mass is 16.2. The molecular formula is C28H27N7O2. The van der Waals surface area contributed by atoms with Crippen molar-refractivity contribution < 1.29 is 9.59 Å². The highest BCUT2D eigenvalue weighted by Gasteiger charge is 2.35. The molecule has 0 aliphatic carbocycles. The molecule has 0 unspecified atom stereocenters. The lowest BCUT2D eigenvalue weighted by atomic mass is 9.95. The number of aliphatic imine (C=N–C) groups is 1. The van der Waals surface area contributed by atoms with Gasteiger partial charge in [-0.25, -0.2) is 0 Å². The molecule has 2 aromatic carbocycles. The van der Waals surface area contributed by atoms with Crippen LogP contribution < -0.4 is 10.6 Å². The lowest BCUT2D eigenvalue weighted by Gasteiger charge is -2.16. The molecule has 0 fully saturated rings. The van der Waals surface area contributed by atoms with E-state index in [4.69, 9.17) is 5.26 Å². The van der Waals surface area contributed by atoms with Gasteiger partial charge in [-0.3, -0.25) is 14.9 Å². The second kappa shape index (κ2) is 9.66. The number of hydrogen-bond donors (Lipinski definition) is 2. The molecule has 3 heterocycles. The molecular weight excluding hydrogens is 466 g/mol. The molecule has 186 valence electrons. The standard InChI is InChI=1S/C28H27N7O2/c1-33(2)28(31-17-29)30-13-8-14-35-16-21(19-10-5-7-12-23(19)35)25-24(26(36)32-27(25)37)20-15-34(3)22-11-6-4-9-18(20)22/h4-7,9-12,15-16H,8,13-14H2,1-3H3,(H,30,31)(H,32,36,37). The molecule has 0 radical (unpaired) electrons. The fourth-order valence-electron chi connectivity index (χ4n) is 4.94. The summed E-state index contributed by atoms with van der Waals surface area (Å²) in [6.07, 6.45) is 6.44. The van der Waals surface area contributed by atoms with Crippen molar-refractivity contribution >= 4 is 50.7 Å². The van der Waals surface area contributed by atoms with Crippen molar-refractivity contribution in [3.63, 3.8) is 0 Å². The van der Waals surface area contributed by atoms with Crippen LogP contribution in [-0.2, 0) is 23.2 Å². The molecule has 0 saturated carbocycles. The Hall–Kier alpha value is -4.84. The Kier molecular flexibility index (Phi) is 6.24. The van der Waals surface area contributed by atoms with Crippen LogP contribution in [0, 0.1) is 11.5 Å². The van der Waals surface area contributed by atoms with E-state index in [9.17, 15) is 9.59 Å². The van der Waals surface area contributed by atoms with Gasteiger partial charge in [-0.05, 0) is 18.6 Å². The fourth-order valence-corrected chi connectivity index (χ4v) is 4.94. The number of rotatable bonds is 6. The van der Waals surface area contributed by atoms with Gasteiger partial charge in [0.1, 0.15) is 0 Å². The van der Waals surface area contributed by atoms with Gasteiger partial charge < -0.3 is 19.4 Å². The molecule has 5 rings (SSSR count). The molecule has 4 aromatic rings. The largest absolute Gasteiger partial charge is 0.355 e. The number of guanidine groups is 1. The van der Waals surface area contributed by atoms with Crippen molar-refractivity contribution in [3.8, 4) is 6.19 Å². The lowest BCUT2D eigenvalue weighted by molar-refractivity contribution is -0.122. The Morgan fingerprint density at radius 2 is 1.57 bits per heavy atom. The number of carbonyl (C=O) groups excluding carboxylic acids is 2. The van der Waals surface area contributed by atoms with Gasteiger partial charge in [0.05, 0.1) is 11.1 Å². The van der Waals surface area contributed by atoms with Gasteiger partial charge in [-0.15, -0.1) is 4.99 Å². The molecule has 0 spiro atoms. The van der Waals surface area contributed by atoms with E-state index in [1.54, 1.807) is 4.90 Å². The maximum absolute atomic E-state index is 13.2. The van der Waals surface area contributed by atoms with E-state index in [0.29, 0.717) is 30.2 Å². The predicted octanol–water partition coefficient (Wildman–Crippen LogP) is 3.08. The monoisotopic (exact) mass is 493 g/mol. The second-order valence-corrected chi connectivity index (χ2v) is 9.17. The third kappa shape index (κ3) is 4.23. The first kappa shape index (κ1) is 23.9. The summed E-state index contributed by atoms with van der Waals surface area (Å²) in [7, 11) is 5.58. The van der Waals surface area contributed by atoms with Crippen LogP contribution in [0.5, 0.6) is 0 Å². The number of nitriles is 1. The number of aromatic nitrogens is 2. The number of fused-ring (bicyclic) bond motifs is 2. The van der Waals surface area contributed by atoms with E-state index in [1.807, 2.05) is 92.8 Å². The Morgan fingerprint density at radius 3 is 2.22 bits per heavy atom. The minimum absolute atomic E-state index is 0.384. The average molecular weight is 494 g/mol. The number of imide groups is 1. The first-order valence-corrected chi connectivity index (χ1v) is 12.0. The molecule has 0 saturated heterocycles. The molecule has 2 amide bonds. The predicted molar refractivity (Wildman–Crippen MR) is 144 cm³/mol. The molecule has 2 aromatic heterocycles. The van der Waals surface area contributed by atoms with Crippen LogP contribution in [0.3, 0.4) is 0 Å². The summed E-state index contributed by atoms with van der Waals surface area (Å²) in [6, 6.07) is 15.8. The topological polar surface area (TPSA) is 107 Å². The van der Waals surface area contributed by atoms with Gasteiger partial charge in [0.2, 0.25) is 12.2 Å². The normalized spacial score (nSPS) is 13.9. The molecule has 37 heavy (non-hydrogen) atoms. The summed E-state index contributed by atoms with van der Waals surface area (Å²) in [5.41, 5.74) is 4.23. The SMILES string of the molecule is CN(C)/C(=N/C#N)NCCCn1cc(C2=C(c3cn(C)c4ccccc34)C(=O)NC2=O)c2ccccc21. The Labute approximate surface area is 214 Å². The number of amides is 2. The Bertz CT molecular complexity index is 1650. The third-order valence-electron chi connectivity index (χ3n) is 6.59. The first-order chi connectivity index (χ1) is 17.9. The van der Waals surface area contributed by atoms with E-state index in [-0.39, 0.29) is 11.8 Å². The number of nitrogens with one attached hydrogen (secondary N) is 2. The van der Waals surface area contributed by atoms with Gasteiger partial charge in [-0.2, -0.15) is 5.26 Å². The van der Waals surface area contributed by atoms with Crippen molar-refractivity contribution in [2.45, 2.75) is 13.0 Å². The van der Waals surface area contributed by atoms with E-state index in [0.717, 1.165) is 39.4 Å². The van der Waals surface area contributed by atoms with Crippen LogP contribution in [0.25, 0.3) is 33.0 Å². The highest BCUT2D eigenvalue weighted by Crippen LogP contribution is 2.38. The molecule has 9 nitrogen and oxygen atoms in total. The zero-order valence-corrected chi connectivity index (χ0v) is 20.9.